The van der Waals surface area contributed by atoms with Gasteiger partial charge in [-0.15, -0.1) is 35.7 Å². The lowest BCUT2D eigenvalue weighted by molar-refractivity contribution is -0.125. The summed E-state index contributed by atoms with van der Waals surface area (Å²) in [6.45, 7) is 98.0. The molecular weight excluding hydrogens is 1760 g/mol. The molecule has 19 N–H and O–H groups in total. The third kappa shape index (κ3) is 112. The van der Waals surface area contributed by atoms with Crippen LogP contribution in [0, 0.1) is 76.9 Å². The molecule has 0 fully saturated rings. The van der Waals surface area contributed by atoms with Crippen LogP contribution in [0.4, 0.5) is 0 Å². The Balaban J connectivity index is -0.000000159. The van der Waals surface area contributed by atoms with E-state index in [2.05, 4.69) is 280 Å². The van der Waals surface area contributed by atoms with Gasteiger partial charge in [0, 0.05) is 144 Å². The molecule has 8 heterocycles. The van der Waals surface area contributed by atoms with Crippen LogP contribution in [-0.2, 0) is 24.0 Å². The molecule has 0 aliphatic carbocycles. The van der Waals surface area contributed by atoms with Crippen molar-refractivity contribution in [2.45, 2.75) is 405 Å². The number of aromatic amines is 7. The van der Waals surface area contributed by atoms with Crippen LogP contribution in [0.1, 0.15) is 409 Å². The zero-order valence-corrected chi connectivity index (χ0v) is 95.5. The summed E-state index contributed by atoms with van der Waals surface area (Å²) in [4.78, 5) is 96.5. The van der Waals surface area contributed by atoms with E-state index in [4.69, 9.17) is 28.0 Å². The molecule has 0 bridgehead atoms. The number of amides is 4. The van der Waals surface area contributed by atoms with Crippen molar-refractivity contribution in [3.05, 3.63) is 135 Å². The normalized spacial score (nSPS) is 11.2. The Morgan fingerprint density at radius 3 is 0.928 bits per heavy atom. The number of rotatable bonds is 23. The van der Waals surface area contributed by atoms with Crippen molar-refractivity contribution >= 4 is 41.0 Å². The fraction of sp³-hybridized carbons (Fsp3) is 0.725. The lowest BCUT2D eigenvalue weighted by Gasteiger charge is -2.19. The second kappa shape index (κ2) is 92.3. The molecule has 804 valence electrons. The van der Waals surface area contributed by atoms with Gasteiger partial charge in [-0.05, 0) is 126 Å². The van der Waals surface area contributed by atoms with Crippen molar-refractivity contribution in [1.29, 1.82) is 0 Å². The fourth-order valence-corrected chi connectivity index (χ4v) is 7.14. The number of allylic oxidation sites excluding steroid dienone is 2. The molecule has 1 unspecified atom stereocenters. The molecule has 0 saturated heterocycles. The molecule has 0 saturated carbocycles. The topological polar surface area (TPSA) is 582 Å². The maximum atomic E-state index is 11.0. The number of imidazole rings is 2. The Morgan fingerprint density at radius 1 is 0.446 bits per heavy atom. The predicted molar refractivity (Wildman–Crippen MR) is 578 cm³/mol. The van der Waals surface area contributed by atoms with Crippen LogP contribution in [0.5, 0.6) is 0 Å². The SMILES string of the molecule is CC(C)/C=C(\O)C(C)C.CC(C)C.CC(C)C.CC(C)C(N)=O.CC(C)C(N)=O.CC(C)C1=NN=NC1.CC(C)CC(=O)C(C)C.CC(C)N=C(N)C(C)C.CC(C)NC(=O)C(C)C.CC(C)NC(=O)C(C)C.CC(C)NC(N)C(C)C.CC(C)c1cnc(C(C)C)[nH]1.CC(C)c1cnc[nH]1.CC(C)c1nn[nH]n1.CC(C)c1nn[nH]n1.CC(C)c1nn[nH]n1.O=c1cccc[nH]1.O=c1cccc[nH]1. The molecule has 1 atom stereocenters. The van der Waals surface area contributed by atoms with Crippen molar-refractivity contribution in [1.82, 2.24) is 108 Å². The number of aromatic nitrogens is 18. The summed E-state index contributed by atoms with van der Waals surface area (Å²) in [7, 11) is 0. The van der Waals surface area contributed by atoms with Gasteiger partial charge in [0.05, 0.1) is 29.8 Å². The quantitative estimate of drug-likeness (QED) is 0.0122. The summed E-state index contributed by atoms with van der Waals surface area (Å²) in [5.41, 5.74) is 24.3. The molecule has 37 heteroatoms. The van der Waals surface area contributed by atoms with E-state index in [1.165, 1.54) is 23.5 Å². The van der Waals surface area contributed by atoms with E-state index < -0.39 is 0 Å². The molecule has 139 heavy (non-hydrogen) atoms. The second-order valence-corrected chi connectivity index (χ2v) is 40.4. The number of Topliss-reactive ketones (excluding diaryl/α,β-unsaturated/α-hetero) is 1. The number of hydrogen-bond donors (Lipinski definition) is 15. The minimum Gasteiger partial charge on any atom is -0.512 e. The first-order valence-corrected chi connectivity index (χ1v) is 49.3. The van der Waals surface area contributed by atoms with Crippen LogP contribution in [-0.4, -0.2) is 175 Å². The van der Waals surface area contributed by atoms with Crippen molar-refractivity contribution < 1.29 is 29.1 Å². The van der Waals surface area contributed by atoms with Crippen LogP contribution in [0.25, 0.3) is 0 Å². The van der Waals surface area contributed by atoms with Crippen molar-refractivity contribution in [3.8, 4) is 0 Å². The van der Waals surface area contributed by atoms with Crippen molar-refractivity contribution in [3.63, 3.8) is 0 Å². The van der Waals surface area contributed by atoms with Gasteiger partial charge in [-0.2, -0.15) is 20.8 Å². The number of carbonyl (C=O) groups is 5. The number of nitrogens with one attached hydrogen (secondary N) is 10. The number of nitrogens with zero attached hydrogens (tertiary/aromatic N) is 15. The summed E-state index contributed by atoms with van der Waals surface area (Å²) < 4.78 is 0. The third-order valence-corrected chi connectivity index (χ3v) is 15.7. The Labute approximate surface area is 839 Å². The highest BCUT2D eigenvalue weighted by Gasteiger charge is 2.13. The van der Waals surface area contributed by atoms with Crippen LogP contribution in [0.15, 0.2) is 109 Å². The molecule has 1 aliphatic rings. The van der Waals surface area contributed by atoms with E-state index in [1.54, 1.807) is 70.7 Å². The van der Waals surface area contributed by atoms with E-state index in [0.29, 0.717) is 95.3 Å². The van der Waals surface area contributed by atoms with Gasteiger partial charge < -0.3 is 58.6 Å². The van der Waals surface area contributed by atoms with Crippen LogP contribution in [0.2, 0.25) is 0 Å². The Hall–Kier alpha value is -10.7. The minimum absolute atomic E-state index is 0.00926. The third-order valence-electron chi connectivity index (χ3n) is 15.7. The number of hydrogen-bond acceptors (Lipinski definition) is 25. The number of amidine groups is 1. The molecule has 4 amide bonds. The zero-order valence-electron chi connectivity index (χ0n) is 95.5. The highest BCUT2D eigenvalue weighted by molar-refractivity contribution is 5.88. The lowest BCUT2D eigenvalue weighted by Crippen LogP contribution is -2.45. The van der Waals surface area contributed by atoms with Crippen LogP contribution >= 0.6 is 0 Å². The Bertz CT molecular complexity index is 3790. The highest BCUT2D eigenvalue weighted by atomic mass is 16.3. The van der Waals surface area contributed by atoms with Crippen LogP contribution < -0.4 is 50.0 Å². The molecule has 7 aromatic rings. The molecule has 0 aromatic carbocycles. The van der Waals surface area contributed by atoms with E-state index in [-0.39, 0.29) is 88.5 Å². The molecule has 7 aromatic heterocycles. The predicted octanol–water partition coefficient (Wildman–Crippen LogP) is 20.6. The Kier molecular flexibility index (Phi) is 98.7. The largest absolute Gasteiger partial charge is 0.512 e. The summed E-state index contributed by atoms with van der Waals surface area (Å²) >= 11 is 0. The Morgan fingerprint density at radius 2 is 0.813 bits per heavy atom. The number of aliphatic hydroxyl groups is 1. The van der Waals surface area contributed by atoms with Gasteiger partial charge in [0.25, 0.3) is 0 Å². The first kappa shape index (κ1) is 149. The van der Waals surface area contributed by atoms with E-state index in [0.717, 1.165) is 53.1 Å². The minimum atomic E-state index is -0.241. The van der Waals surface area contributed by atoms with Gasteiger partial charge in [0.1, 0.15) is 18.2 Å². The summed E-state index contributed by atoms with van der Waals surface area (Å²) in [5, 5.41) is 69.0. The number of aliphatic hydroxyl groups excluding tert-OH is 1. The first-order chi connectivity index (χ1) is 63.9. The van der Waals surface area contributed by atoms with E-state index in [1.807, 2.05) is 171 Å². The highest BCUT2D eigenvalue weighted by Crippen LogP contribution is 2.16. The van der Waals surface area contributed by atoms with E-state index >= 15 is 0 Å². The standard InChI is InChI=1S/C9H16N2.2C8H16O.C7H18N2.C7H16N2.2C7H15NO.C6H10N2.C5H9N3.2C5H5NO.3C4H8N4.2C4H9NO.2C4H10/c1-6(2)8-5-10-9(11-8)7(3)4;2*1-6(2)5-8(9)7(3)4;2*1-5(2)7(8)9-6(3)4;2*1-5(2)7(9)8-6(3)4;1-5(2)6-3-7-4-8-6;1-4(2)5-3-6-8-7-5;2*7-5-3-1-2-4-6-5;3*1-3(2)4-5-7-8-6-4;2*1-3(2)4(5)6;2*1-4(2)3/h5-7H,1-4H3,(H,10,11);6-7H,5H2,1-4H3;5-7,9H,1-4H3;5-7,9H,8H2,1-4H3;5-6H,1-4H3,(H2,8,9);2*5-6H,1-4H3,(H,8,9);3-5H,1-2H3,(H,7,8);4H,3H2,1-2H3;2*1-4H,(H,6,7);3*3H,1-2H3,(H,5,6,7,8);2*3H,1-2H3,(H2,5,6);2*4H,1-3H3/b;;8-5-;;;;;;;;;;;;;;;. The van der Waals surface area contributed by atoms with Gasteiger partial charge in [0.15, 0.2) is 17.5 Å². The maximum absolute atomic E-state index is 11.0. The van der Waals surface area contributed by atoms with Gasteiger partial charge in [-0.1, -0.05) is 305 Å². The summed E-state index contributed by atoms with van der Waals surface area (Å²) in [5.74, 6) is 12.3. The fourth-order valence-electron chi connectivity index (χ4n) is 7.14. The first-order valence-electron chi connectivity index (χ1n) is 49.3. The number of aliphatic imine (C=N–C) groups is 1. The monoisotopic (exact) mass is 1960 g/mol. The van der Waals surface area contributed by atoms with Gasteiger partial charge in [-0.3, -0.25) is 43.9 Å². The number of tetrazole rings is 3. The average molecular weight is 1960 g/mol. The zero-order chi connectivity index (χ0) is 111. The number of carbonyl (C=O) groups excluding carboxylic acids is 5. The number of ketones is 1. The smallest absolute Gasteiger partial charge is 0.247 e. The maximum Gasteiger partial charge on any atom is 0.247 e. The molecule has 0 radical (unpaired) electrons. The van der Waals surface area contributed by atoms with Gasteiger partial charge >= 0.3 is 0 Å². The number of primary amides is 2. The second-order valence-electron chi connectivity index (χ2n) is 40.4. The lowest BCUT2D eigenvalue weighted by atomic mass is 9.99. The molecular formula is C102H203N29O8. The number of pyridine rings is 2. The summed E-state index contributed by atoms with van der Waals surface area (Å²) in [6, 6.07) is 11.2. The molecule has 8 rings (SSSR count). The summed E-state index contributed by atoms with van der Waals surface area (Å²) in [6.07, 6.45) is 11.4. The number of H-pyrrole nitrogens is 7. The molecule has 0 spiro atoms. The van der Waals surface area contributed by atoms with Gasteiger partial charge in [-0.25, -0.2) is 9.97 Å². The number of nitrogens with two attached hydrogens (primary N) is 4. The van der Waals surface area contributed by atoms with Crippen molar-refractivity contribution in [2.24, 2.45) is 120 Å². The van der Waals surface area contributed by atoms with E-state index in [9.17, 15) is 33.6 Å². The van der Waals surface area contributed by atoms with Gasteiger partial charge in [0.2, 0.25) is 34.7 Å². The van der Waals surface area contributed by atoms with Crippen molar-refractivity contribution in [2.75, 3.05) is 6.54 Å². The molecule has 37 nitrogen and oxygen atoms in total. The molecule has 1 aliphatic heterocycles. The average Bonchev–Trinajstić information content (AvgIpc) is 1.75. The van der Waals surface area contributed by atoms with Crippen LogP contribution in [0.3, 0.4) is 0 Å².